The molecule has 0 unspecified atom stereocenters. The molecule has 3 heteroatoms. The zero-order valence-electron chi connectivity index (χ0n) is 9.85. The van der Waals surface area contributed by atoms with E-state index in [0.29, 0.717) is 0 Å². The number of H-pyrrole nitrogens is 1. The largest absolute Gasteiger partial charge is 0.361 e. The molecular weight excluding hydrogens is 226 g/mol. The van der Waals surface area contributed by atoms with Crippen LogP contribution < -0.4 is 0 Å². The summed E-state index contributed by atoms with van der Waals surface area (Å²) >= 11 is 0. The molecule has 1 heterocycles. The number of nitrogens with one attached hydrogen (secondary N) is 1. The minimum atomic E-state index is -0.261. The van der Waals surface area contributed by atoms with Gasteiger partial charge in [0, 0.05) is 17.1 Å². The van der Waals surface area contributed by atoms with Gasteiger partial charge in [0.2, 0.25) is 0 Å². The lowest BCUT2D eigenvalue weighted by Gasteiger charge is -1.91. The molecule has 0 radical (unpaired) electrons. The highest BCUT2D eigenvalue weighted by atomic mass is 16.1. The van der Waals surface area contributed by atoms with E-state index in [1.807, 2.05) is 30.5 Å². The lowest BCUT2D eigenvalue weighted by molar-refractivity contribution is -0.121. The second-order valence-electron chi connectivity index (χ2n) is 3.94. The van der Waals surface area contributed by atoms with Crippen LogP contribution in [0.2, 0.25) is 0 Å². The van der Waals surface area contributed by atoms with E-state index in [9.17, 15) is 9.59 Å². The van der Waals surface area contributed by atoms with Crippen molar-refractivity contribution in [2.24, 2.45) is 0 Å². The first-order chi connectivity index (χ1) is 8.70. The molecule has 2 rings (SSSR count). The van der Waals surface area contributed by atoms with Crippen LogP contribution in [0.4, 0.5) is 0 Å². The number of para-hydroxylation sites is 1. The fourth-order valence-electron chi connectivity index (χ4n) is 1.72. The summed E-state index contributed by atoms with van der Waals surface area (Å²) in [4.78, 5) is 25.6. The van der Waals surface area contributed by atoms with E-state index in [1.165, 1.54) is 6.08 Å². The number of hydrogen-bond acceptors (Lipinski definition) is 2. The van der Waals surface area contributed by atoms with Crippen LogP contribution in [-0.4, -0.2) is 16.6 Å². The molecule has 2 aromatic rings. The molecule has 0 aliphatic heterocycles. The SMILES string of the molecule is C=CC(=O)CC(=O)/C=C/c1c[nH]c2ccccc12. The molecule has 0 fully saturated rings. The van der Waals surface area contributed by atoms with Crippen LogP contribution in [0, 0.1) is 0 Å². The zero-order chi connectivity index (χ0) is 13.0. The van der Waals surface area contributed by atoms with E-state index in [0.717, 1.165) is 22.5 Å². The highest BCUT2D eigenvalue weighted by Crippen LogP contribution is 2.18. The maximum atomic E-state index is 11.5. The first-order valence-corrected chi connectivity index (χ1v) is 5.63. The standard InChI is InChI=1S/C15H13NO2/c1-2-12(17)9-13(18)8-7-11-10-16-15-6-4-3-5-14(11)15/h2-8,10,16H,1,9H2/b8-7+. The molecular formula is C15H13NO2. The summed E-state index contributed by atoms with van der Waals surface area (Å²) in [6.07, 6.45) is 6.03. The lowest BCUT2D eigenvalue weighted by Crippen LogP contribution is -2.01. The van der Waals surface area contributed by atoms with Gasteiger partial charge in [0.25, 0.3) is 0 Å². The highest BCUT2D eigenvalue weighted by molar-refractivity contribution is 6.10. The third kappa shape index (κ3) is 2.63. The average molecular weight is 239 g/mol. The zero-order valence-corrected chi connectivity index (χ0v) is 9.85. The first kappa shape index (κ1) is 12.0. The van der Waals surface area contributed by atoms with Crippen LogP contribution in [0.15, 0.2) is 49.2 Å². The van der Waals surface area contributed by atoms with Crippen molar-refractivity contribution in [1.82, 2.24) is 4.98 Å². The fraction of sp³-hybridized carbons (Fsp3) is 0.0667. The maximum absolute atomic E-state index is 11.5. The summed E-state index contributed by atoms with van der Waals surface area (Å²) in [7, 11) is 0. The Hall–Kier alpha value is -2.42. The Morgan fingerprint density at radius 1 is 1.22 bits per heavy atom. The van der Waals surface area contributed by atoms with Gasteiger partial charge < -0.3 is 4.98 Å². The maximum Gasteiger partial charge on any atom is 0.163 e. The number of rotatable bonds is 5. The lowest BCUT2D eigenvalue weighted by atomic mass is 10.1. The smallest absolute Gasteiger partial charge is 0.163 e. The van der Waals surface area contributed by atoms with Crippen LogP contribution in [0.25, 0.3) is 17.0 Å². The van der Waals surface area contributed by atoms with E-state index in [-0.39, 0.29) is 18.0 Å². The van der Waals surface area contributed by atoms with Crippen molar-refractivity contribution in [2.75, 3.05) is 0 Å². The molecule has 1 aromatic heterocycles. The third-order valence-electron chi connectivity index (χ3n) is 2.65. The number of hydrogen-bond donors (Lipinski definition) is 1. The predicted molar refractivity (Wildman–Crippen MR) is 72.2 cm³/mol. The molecule has 0 amide bonds. The molecule has 0 atom stereocenters. The van der Waals surface area contributed by atoms with E-state index in [2.05, 4.69) is 11.6 Å². The normalized spacial score (nSPS) is 10.9. The van der Waals surface area contributed by atoms with E-state index in [1.54, 1.807) is 6.08 Å². The van der Waals surface area contributed by atoms with Crippen molar-refractivity contribution in [3.05, 3.63) is 54.8 Å². The Kier molecular flexibility index (Phi) is 3.53. The van der Waals surface area contributed by atoms with E-state index >= 15 is 0 Å². The van der Waals surface area contributed by atoms with Crippen molar-refractivity contribution in [3.8, 4) is 0 Å². The predicted octanol–water partition coefficient (Wildman–Crippen LogP) is 2.90. The molecule has 0 aliphatic carbocycles. The quantitative estimate of drug-likeness (QED) is 0.644. The van der Waals surface area contributed by atoms with Gasteiger partial charge in [0.1, 0.15) is 0 Å². The van der Waals surface area contributed by atoms with E-state index < -0.39 is 0 Å². The van der Waals surface area contributed by atoms with Gasteiger partial charge in [-0.3, -0.25) is 9.59 Å². The van der Waals surface area contributed by atoms with Crippen LogP contribution in [-0.2, 0) is 9.59 Å². The summed E-state index contributed by atoms with van der Waals surface area (Å²) in [5.74, 6) is -0.478. The number of benzene rings is 1. The third-order valence-corrected chi connectivity index (χ3v) is 2.65. The van der Waals surface area contributed by atoms with Crippen molar-refractivity contribution in [3.63, 3.8) is 0 Å². The molecule has 0 saturated carbocycles. The minimum absolute atomic E-state index is 0.123. The second kappa shape index (κ2) is 5.27. The Morgan fingerprint density at radius 2 is 2.00 bits per heavy atom. The molecule has 0 saturated heterocycles. The number of aromatic nitrogens is 1. The second-order valence-corrected chi connectivity index (χ2v) is 3.94. The van der Waals surface area contributed by atoms with Gasteiger partial charge in [-0.1, -0.05) is 24.8 Å². The van der Waals surface area contributed by atoms with Gasteiger partial charge in [-0.15, -0.1) is 0 Å². The molecule has 18 heavy (non-hydrogen) atoms. The van der Waals surface area contributed by atoms with Crippen LogP contribution >= 0.6 is 0 Å². The van der Waals surface area contributed by atoms with Gasteiger partial charge in [0.05, 0.1) is 6.42 Å². The number of allylic oxidation sites excluding steroid dienone is 2. The Morgan fingerprint density at radius 3 is 2.78 bits per heavy atom. The Bertz CT molecular complexity index is 635. The van der Waals surface area contributed by atoms with Gasteiger partial charge >= 0.3 is 0 Å². The molecule has 0 spiro atoms. The summed E-state index contributed by atoms with van der Waals surface area (Å²) in [5, 5.41) is 1.05. The number of ketones is 2. The van der Waals surface area contributed by atoms with Gasteiger partial charge in [0.15, 0.2) is 11.6 Å². The van der Waals surface area contributed by atoms with Gasteiger partial charge in [-0.2, -0.15) is 0 Å². The molecule has 0 aliphatic rings. The molecule has 0 bridgehead atoms. The fourth-order valence-corrected chi connectivity index (χ4v) is 1.72. The summed E-state index contributed by atoms with van der Waals surface area (Å²) in [5.41, 5.74) is 1.96. The van der Waals surface area contributed by atoms with Crippen molar-refractivity contribution in [2.45, 2.75) is 6.42 Å². The average Bonchev–Trinajstić information content (AvgIpc) is 2.79. The Balaban J connectivity index is 2.16. The van der Waals surface area contributed by atoms with Crippen LogP contribution in [0.5, 0.6) is 0 Å². The van der Waals surface area contributed by atoms with Crippen molar-refractivity contribution in [1.29, 1.82) is 0 Å². The van der Waals surface area contributed by atoms with Crippen LogP contribution in [0.3, 0.4) is 0 Å². The van der Waals surface area contributed by atoms with Crippen molar-refractivity contribution >= 4 is 28.5 Å². The van der Waals surface area contributed by atoms with Crippen molar-refractivity contribution < 1.29 is 9.59 Å². The summed E-state index contributed by atoms with van der Waals surface area (Å²) in [6.45, 7) is 3.33. The summed E-state index contributed by atoms with van der Waals surface area (Å²) < 4.78 is 0. The summed E-state index contributed by atoms with van der Waals surface area (Å²) in [6, 6.07) is 7.83. The highest BCUT2D eigenvalue weighted by Gasteiger charge is 2.03. The van der Waals surface area contributed by atoms with Gasteiger partial charge in [-0.25, -0.2) is 0 Å². The number of carbonyl (C=O) groups is 2. The topological polar surface area (TPSA) is 49.9 Å². The molecule has 1 N–H and O–H groups in total. The molecule has 90 valence electrons. The van der Waals surface area contributed by atoms with Gasteiger partial charge in [-0.05, 0) is 29.9 Å². The Labute approximate surface area is 105 Å². The first-order valence-electron chi connectivity index (χ1n) is 5.63. The number of carbonyl (C=O) groups excluding carboxylic acids is 2. The minimum Gasteiger partial charge on any atom is -0.361 e. The number of aromatic amines is 1. The van der Waals surface area contributed by atoms with Crippen LogP contribution in [0.1, 0.15) is 12.0 Å². The number of fused-ring (bicyclic) bond motifs is 1. The monoisotopic (exact) mass is 239 g/mol. The van der Waals surface area contributed by atoms with E-state index in [4.69, 9.17) is 0 Å². The molecule has 3 nitrogen and oxygen atoms in total. The molecule has 1 aromatic carbocycles.